The Bertz CT molecular complexity index is 867. The van der Waals surface area contributed by atoms with Gasteiger partial charge in [-0.15, -0.1) is 0 Å². The quantitative estimate of drug-likeness (QED) is 0.704. The molecule has 2 aromatic rings. The minimum Gasteiger partial charge on any atom is -0.349 e. The number of halogens is 3. The number of carbonyl (C=O) groups excluding carboxylic acids is 1. The number of aryl methyl sites for hydroxylation is 1. The number of nitrogens with zero attached hydrogens (tertiary/aromatic N) is 2. The van der Waals surface area contributed by atoms with Crippen molar-refractivity contribution < 1.29 is 18.0 Å². The molecule has 1 fully saturated rings. The highest BCUT2D eigenvalue weighted by molar-refractivity contribution is 5.92. The molecule has 0 bridgehead atoms. The van der Waals surface area contributed by atoms with E-state index >= 15 is 0 Å². The molecule has 152 valence electrons. The van der Waals surface area contributed by atoms with Crippen LogP contribution in [0.3, 0.4) is 0 Å². The van der Waals surface area contributed by atoms with E-state index in [0.717, 1.165) is 11.6 Å². The topological polar surface area (TPSA) is 82.2 Å². The van der Waals surface area contributed by atoms with Gasteiger partial charge in [0.15, 0.2) is 0 Å². The number of aromatic amines is 1. The van der Waals surface area contributed by atoms with E-state index in [1.54, 1.807) is 12.1 Å². The van der Waals surface area contributed by atoms with Gasteiger partial charge in [0.2, 0.25) is 0 Å². The predicted octanol–water partition coefficient (Wildman–Crippen LogP) is 1.04. The third-order valence-electron chi connectivity index (χ3n) is 4.68. The van der Waals surface area contributed by atoms with E-state index in [4.69, 9.17) is 0 Å². The summed E-state index contributed by atoms with van der Waals surface area (Å²) in [7, 11) is 0. The maximum Gasteiger partial charge on any atom is 0.405 e. The van der Waals surface area contributed by atoms with Crippen molar-refractivity contribution in [3.8, 4) is 5.69 Å². The number of rotatable bonds is 5. The first-order valence-corrected chi connectivity index (χ1v) is 8.94. The molecule has 1 atom stereocenters. The van der Waals surface area contributed by atoms with Crippen LogP contribution >= 0.6 is 0 Å². The molecule has 0 spiro atoms. The summed E-state index contributed by atoms with van der Waals surface area (Å²) in [6.07, 6.45) is -4.47. The van der Waals surface area contributed by atoms with Gasteiger partial charge in [0, 0.05) is 38.8 Å². The summed E-state index contributed by atoms with van der Waals surface area (Å²) < 4.78 is 41.4. The number of amides is 1. The van der Waals surface area contributed by atoms with Crippen molar-refractivity contribution in [1.29, 1.82) is 0 Å². The lowest BCUT2D eigenvalue weighted by molar-refractivity contribution is -0.183. The minimum absolute atomic E-state index is 0.0909. The molecule has 2 heterocycles. The summed E-state index contributed by atoms with van der Waals surface area (Å²) >= 11 is 0. The van der Waals surface area contributed by atoms with Crippen LogP contribution in [-0.4, -0.2) is 65.5 Å². The highest BCUT2D eigenvalue weighted by Gasteiger charge is 2.43. The average Bonchev–Trinajstić information content (AvgIpc) is 3.04. The summed E-state index contributed by atoms with van der Waals surface area (Å²) in [6, 6.07) is 6.33. The molecule has 10 heteroatoms. The largest absolute Gasteiger partial charge is 0.405 e. The molecule has 3 N–H and O–H groups in total. The fraction of sp³-hybridized carbons (Fsp3) is 0.444. The van der Waals surface area contributed by atoms with Crippen LogP contribution in [0.4, 0.5) is 13.2 Å². The monoisotopic (exact) mass is 397 g/mol. The first-order chi connectivity index (χ1) is 13.3. The number of alkyl halides is 3. The Morgan fingerprint density at radius 1 is 1.21 bits per heavy atom. The van der Waals surface area contributed by atoms with Crippen LogP contribution in [0, 0.1) is 6.92 Å². The lowest BCUT2D eigenvalue weighted by atomic mass is 10.2. The lowest BCUT2D eigenvalue weighted by Gasteiger charge is -2.35. The van der Waals surface area contributed by atoms with Gasteiger partial charge in [0.05, 0.1) is 5.69 Å². The third-order valence-corrected chi connectivity index (χ3v) is 4.68. The molecule has 3 rings (SSSR count). The normalized spacial score (nSPS) is 16.7. The minimum atomic E-state index is -4.47. The van der Waals surface area contributed by atoms with E-state index in [-0.39, 0.29) is 18.8 Å². The maximum absolute atomic E-state index is 13.4. The highest BCUT2D eigenvalue weighted by atomic mass is 19.4. The van der Waals surface area contributed by atoms with Crippen molar-refractivity contribution in [2.45, 2.75) is 19.1 Å². The van der Waals surface area contributed by atoms with E-state index in [2.05, 4.69) is 15.7 Å². The van der Waals surface area contributed by atoms with Crippen molar-refractivity contribution in [2.75, 3.05) is 32.7 Å². The number of H-pyrrole nitrogens is 1. The molecular formula is C18H22F3N5O2. The second kappa shape index (κ2) is 8.19. The van der Waals surface area contributed by atoms with Gasteiger partial charge in [0.1, 0.15) is 11.7 Å². The van der Waals surface area contributed by atoms with Gasteiger partial charge in [0.25, 0.3) is 11.5 Å². The van der Waals surface area contributed by atoms with E-state index in [0.29, 0.717) is 18.8 Å². The molecule has 0 aliphatic carbocycles. The van der Waals surface area contributed by atoms with Gasteiger partial charge in [-0.25, -0.2) is 4.68 Å². The number of carbonyl (C=O) groups is 1. The van der Waals surface area contributed by atoms with E-state index in [9.17, 15) is 22.8 Å². The van der Waals surface area contributed by atoms with Gasteiger partial charge in [-0.3, -0.25) is 19.6 Å². The zero-order valence-corrected chi connectivity index (χ0v) is 15.3. The molecule has 28 heavy (non-hydrogen) atoms. The Labute approximate surface area is 159 Å². The van der Waals surface area contributed by atoms with Gasteiger partial charge < -0.3 is 10.6 Å². The summed E-state index contributed by atoms with van der Waals surface area (Å²) in [4.78, 5) is 25.8. The number of benzene rings is 1. The third kappa shape index (κ3) is 4.63. The second-order valence-corrected chi connectivity index (χ2v) is 6.73. The van der Waals surface area contributed by atoms with Crippen LogP contribution in [0.2, 0.25) is 0 Å². The fourth-order valence-corrected chi connectivity index (χ4v) is 3.13. The first kappa shape index (κ1) is 20.2. The predicted molar refractivity (Wildman–Crippen MR) is 97.7 cm³/mol. The highest BCUT2D eigenvalue weighted by Crippen LogP contribution is 2.24. The number of nitrogens with one attached hydrogen (secondary N) is 3. The summed E-state index contributed by atoms with van der Waals surface area (Å²) in [5.74, 6) is -0.757. The Kier molecular flexibility index (Phi) is 5.90. The fourth-order valence-electron chi connectivity index (χ4n) is 3.13. The van der Waals surface area contributed by atoms with Crippen LogP contribution in [0.15, 0.2) is 35.1 Å². The molecule has 1 unspecified atom stereocenters. The van der Waals surface area contributed by atoms with E-state index < -0.39 is 30.2 Å². The first-order valence-electron chi connectivity index (χ1n) is 8.94. The van der Waals surface area contributed by atoms with Crippen molar-refractivity contribution >= 4 is 5.91 Å². The van der Waals surface area contributed by atoms with Gasteiger partial charge >= 0.3 is 6.18 Å². The molecular weight excluding hydrogens is 375 g/mol. The van der Waals surface area contributed by atoms with Crippen molar-refractivity contribution in [3.05, 3.63) is 51.9 Å². The molecule has 1 aliphatic heterocycles. The Balaban J connectivity index is 1.71. The number of aromatic nitrogens is 2. The van der Waals surface area contributed by atoms with Crippen LogP contribution in [0.25, 0.3) is 5.69 Å². The van der Waals surface area contributed by atoms with Crippen LogP contribution in [0.5, 0.6) is 0 Å². The molecule has 1 saturated heterocycles. The van der Waals surface area contributed by atoms with Crippen LogP contribution in [-0.2, 0) is 0 Å². The van der Waals surface area contributed by atoms with E-state index in [1.165, 1.54) is 9.58 Å². The molecule has 1 aromatic heterocycles. The molecule has 1 amide bonds. The Hall–Kier alpha value is -2.59. The molecule has 1 aliphatic rings. The maximum atomic E-state index is 13.4. The second-order valence-electron chi connectivity index (χ2n) is 6.73. The smallest absolute Gasteiger partial charge is 0.349 e. The summed E-state index contributed by atoms with van der Waals surface area (Å²) in [5, 5.41) is 7.95. The summed E-state index contributed by atoms with van der Waals surface area (Å²) in [6.45, 7) is 2.75. The van der Waals surface area contributed by atoms with Crippen LogP contribution in [0.1, 0.15) is 16.1 Å². The van der Waals surface area contributed by atoms with Crippen molar-refractivity contribution in [3.63, 3.8) is 0 Å². The summed E-state index contributed by atoms with van der Waals surface area (Å²) in [5.41, 5.74) is 0.978. The number of piperazine rings is 1. The Morgan fingerprint density at radius 2 is 1.86 bits per heavy atom. The molecule has 0 saturated carbocycles. The van der Waals surface area contributed by atoms with Crippen molar-refractivity contribution in [2.24, 2.45) is 0 Å². The average molecular weight is 397 g/mol. The SMILES string of the molecule is Cc1ccc(-n2[nH]c(C(=O)NCC(N3CCNCC3)C(F)(F)F)cc2=O)cc1. The van der Waals surface area contributed by atoms with Gasteiger partial charge in [-0.2, -0.15) is 13.2 Å². The zero-order chi connectivity index (χ0) is 20.3. The molecule has 7 nitrogen and oxygen atoms in total. The number of hydrogen-bond donors (Lipinski definition) is 3. The zero-order valence-electron chi connectivity index (χ0n) is 15.3. The Morgan fingerprint density at radius 3 is 2.46 bits per heavy atom. The van der Waals surface area contributed by atoms with Crippen molar-refractivity contribution in [1.82, 2.24) is 25.3 Å². The lowest BCUT2D eigenvalue weighted by Crippen LogP contribution is -2.57. The standard InChI is InChI=1S/C18H22F3N5O2/c1-12-2-4-13(5-3-12)26-16(27)10-14(24-26)17(28)23-11-15(18(19,20)21)25-8-6-22-7-9-25/h2-5,10,15,22,24H,6-9,11H2,1H3,(H,23,28). The number of hydrogen-bond acceptors (Lipinski definition) is 4. The molecule has 0 radical (unpaired) electrons. The van der Waals surface area contributed by atoms with Gasteiger partial charge in [-0.05, 0) is 19.1 Å². The van der Waals surface area contributed by atoms with Crippen LogP contribution < -0.4 is 16.2 Å². The van der Waals surface area contributed by atoms with Gasteiger partial charge in [-0.1, -0.05) is 17.7 Å². The van der Waals surface area contributed by atoms with E-state index in [1.807, 2.05) is 19.1 Å². The molecule has 1 aromatic carbocycles.